The monoisotopic (exact) mass is 283 g/mol. The average Bonchev–Trinajstić information content (AvgIpc) is 3.35. The summed E-state index contributed by atoms with van der Waals surface area (Å²) in [6, 6.07) is 15.3. The van der Waals surface area contributed by atoms with E-state index in [1.54, 1.807) is 0 Å². The van der Waals surface area contributed by atoms with E-state index in [4.69, 9.17) is 0 Å². The highest BCUT2D eigenvalue weighted by atomic mass is 16.3. The van der Waals surface area contributed by atoms with Crippen LogP contribution in [0, 0.1) is 0 Å². The van der Waals surface area contributed by atoms with Gasteiger partial charge in [0.25, 0.3) is 0 Å². The second-order valence-electron chi connectivity index (χ2n) is 6.16. The molecule has 2 heteroatoms. The first-order valence-electron chi connectivity index (χ1n) is 8.19. The number of unbranched alkanes of at least 4 members (excludes halogenated alkanes) is 1. The smallest absolute Gasteiger partial charge is 0.0923 e. The van der Waals surface area contributed by atoms with Gasteiger partial charge >= 0.3 is 0 Å². The summed E-state index contributed by atoms with van der Waals surface area (Å²) >= 11 is 0. The number of benzene rings is 2. The van der Waals surface area contributed by atoms with Crippen molar-refractivity contribution >= 4 is 10.8 Å². The van der Waals surface area contributed by atoms with Crippen LogP contribution in [0.3, 0.4) is 0 Å². The summed E-state index contributed by atoms with van der Waals surface area (Å²) in [6.45, 7) is 4.11. The second kappa shape index (κ2) is 6.59. The highest BCUT2D eigenvalue weighted by Gasteiger charge is 2.30. The molecule has 2 nitrogen and oxygen atoms in total. The molecule has 1 aliphatic rings. The molecule has 112 valence electrons. The van der Waals surface area contributed by atoms with E-state index in [0.717, 1.165) is 18.7 Å². The molecule has 0 saturated heterocycles. The molecule has 0 aromatic heterocycles. The Kier molecular flexibility index (Phi) is 4.57. The van der Waals surface area contributed by atoms with Crippen LogP contribution in [0.2, 0.25) is 0 Å². The number of hydrogen-bond donors (Lipinski definition) is 1. The lowest BCUT2D eigenvalue weighted by atomic mass is 10.00. The summed E-state index contributed by atoms with van der Waals surface area (Å²) in [7, 11) is 0. The number of aliphatic hydroxyl groups excluding tert-OH is 1. The van der Waals surface area contributed by atoms with Crippen LogP contribution in [0.15, 0.2) is 42.5 Å². The molecule has 1 aliphatic carbocycles. The molecule has 1 atom stereocenters. The summed E-state index contributed by atoms with van der Waals surface area (Å²) in [5, 5.41) is 13.1. The highest BCUT2D eigenvalue weighted by molar-refractivity contribution is 5.85. The minimum absolute atomic E-state index is 0.395. The van der Waals surface area contributed by atoms with Gasteiger partial charge in [-0.15, -0.1) is 0 Å². The quantitative estimate of drug-likeness (QED) is 0.825. The van der Waals surface area contributed by atoms with E-state index in [0.29, 0.717) is 6.04 Å². The number of aliphatic hydroxyl groups is 1. The molecule has 1 unspecified atom stereocenters. The molecule has 0 radical (unpaired) electrons. The van der Waals surface area contributed by atoms with Gasteiger partial charge in [0.05, 0.1) is 6.10 Å². The third kappa shape index (κ3) is 3.45. The van der Waals surface area contributed by atoms with Crippen LogP contribution in [-0.4, -0.2) is 29.1 Å². The lowest BCUT2D eigenvalue weighted by Crippen LogP contribution is -2.31. The molecule has 1 saturated carbocycles. The maximum atomic E-state index is 10.7. The Morgan fingerprint density at radius 2 is 1.90 bits per heavy atom. The van der Waals surface area contributed by atoms with Crippen molar-refractivity contribution in [1.82, 2.24) is 4.90 Å². The SMILES string of the molecule is CCCCN(CC(O)c1cccc2ccccc12)C1CC1. The topological polar surface area (TPSA) is 23.5 Å². The summed E-state index contributed by atoms with van der Waals surface area (Å²) in [4.78, 5) is 2.48. The van der Waals surface area contributed by atoms with Crippen LogP contribution in [0.5, 0.6) is 0 Å². The van der Waals surface area contributed by atoms with Crippen LogP contribution in [0.1, 0.15) is 44.3 Å². The molecule has 0 bridgehead atoms. The number of nitrogens with zero attached hydrogens (tertiary/aromatic N) is 1. The van der Waals surface area contributed by atoms with Gasteiger partial charge in [-0.3, -0.25) is 4.90 Å². The van der Waals surface area contributed by atoms with E-state index in [-0.39, 0.29) is 0 Å². The number of rotatable bonds is 7. The van der Waals surface area contributed by atoms with Gasteiger partial charge in [0, 0.05) is 12.6 Å². The second-order valence-corrected chi connectivity index (χ2v) is 6.16. The van der Waals surface area contributed by atoms with Crippen molar-refractivity contribution in [2.75, 3.05) is 13.1 Å². The van der Waals surface area contributed by atoms with Gasteiger partial charge < -0.3 is 5.11 Å². The Hall–Kier alpha value is -1.38. The molecule has 0 heterocycles. The van der Waals surface area contributed by atoms with Crippen molar-refractivity contribution in [2.24, 2.45) is 0 Å². The van der Waals surface area contributed by atoms with E-state index >= 15 is 0 Å². The van der Waals surface area contributed by atoms with Crippen LogP contribution < -0.4 is 0 Å². The van der Waals surface area contributed by atoms with E-state index < -0.39 is 6.10 Å². The molecule has 0 aliphatic heterocycles. The van der Waals surface area contributed by atoms with E-state index in [9.17, 15) is 5.11 Å². The number of hydrogen-bond acceptors (Lipinski definition) is 2. The van der Waals surface area contributed by atoms with Gasteiger partial charge in [-0.1, -0.05) is 55.8 Å². The van der Waals surface area contributed by atoms with Crippen LogP contribution in [0.4, 0.5) is 0 Å². The van der Waals surface area contributed by atoms with Crippen molar-refractivity contribution in [2.45, 2.75) is 44.8 Å². The zero-order valence-corrected chi connectivity index (χ0v) is 12.8. The van der Waals surface area contributed by atoms with E-state index in [1.165, 1.54) is 36.5 Å². The lowest BCUT2D eigenvalue weighted by molar-refractivity contribution is 0.109. The molecule has 2 aromatic rings. The van der Waals surface area contributed by atoms with E-state index in [1.807, 2.05) is 12.1 Å². The largest absolute Gasteiger partial charge is 0.387 e. The predicted molar refractivity (Wildman–Crippen MR) is 88.4 cm³/mol. The Bertz CT molecular complexity index is 586. The summed E-state index contributed by atoms with van der Waals surface area (Å²) < 4.78 is 0. The number of fused-ring (bicyclic) bond motifs is 1. The molecular weight excluding hydrogens is 258 g/mol. The molecule has 3 rings (SSSR count). The molecule has 1 fully saturated rings. The predicted octanol–water partition coefficient (Wildman–Crippen LogP) is 4.14. The van der Waals surface area contributed by atoms with E-state index in [2.05, 4.69) is 42.2 Å². The van der Waals surface area contributed by atoms with Crippen LogP contribution in [0.25, 0.3) is 10.8 Å². The zero-order valence-electron chi connectivity index (χ0n) is 12.8. The van der Waals surface area contributed by atoms with Gasteiger partial charge in [0.15, 0.2) is 0 Å². The fourth-order valence-electron chi connectivity index (χ4n) is 3.09. The molecule has 0 amide bonds. The van der Waals surface area contributed by atoms with Gasteiger partial charge in [0.1, 0.15) is 0 Å². The third-order valence-electron chi connectivity index (χ3n) is 4.45. The first kappa shape index (κ1) is 14.6. The standard InChI is InChI=1S/C19H25NO/c1-2-3-13-20(16-11-12-16)14-19(21)18-10-6-8-15-7-4-5-9-17(15)18/h4-10,16,19,21H,2-3,11-14H2,1H3. The van der Waals surface area contributed by atoms with Gasteiger partial charge in [0.2, 0.25) is 0 Å². The van der Waals surface area contributed by atoms with Gasteiger partial charge in [-0.2, -0.15) is 0 Å². The van der Waals surface area contributed by atoms with Crippen LogP contribution in [-0.2, 0) is 0 Å². The highest BCUT2D eigenvalue weighted by Crippen LogP contribution is 2.31. The first-order chi connectivity index (χ1) is 10.3. The Balaban J connectivity index is 1.78. The first-order valence-corrected chi connectivity index (χ1v) is 8.19. The molecule has 1 N–H and O–H groups in total. The average molecular weight is 283 g/mol. The van der Waals surface area contributed by atoms with Crippen LogP contribution >= 0.6 is 0 Å². The fraction of sp³-hybridized carbons (Fsp3) is 0.474. The van der Waals surface area contributed by atoms with Gasteiger partial charge in [-0.05, 0) is 42.1 Å². The maximum absolute atomic E-state index is 10.7. The third-order valence-corrected chi connectivity index (χ3v) is 4.45. The van der Waals surface area contributed by atoms with Gasteiger partial charge in [-0.25, -0.2) is 0 Å². The summed E-state index contributed by atoms with van der Waals surface area (Å²) in [5.74, 6) is 0. The minimum atomic E-state index is -0.395. The normalized spacial score (nSPS) is 16.5. The molecular formula is C19H25NO. The lowest BCUT2D eigenvalue weighted by Gasteiger charge is -2.25. The maximum Gasteiger partial charge on any atom is 0.0923 e. The summed E-state index contributed by atoms with van der Waals surface area (Å²) in [6.07, 6.45) is 4.64. The van der Waals surface area contributed by atoms with Crippen molar-refractivity contribution in [3.63, 3.8) is 0 Å². The molecule has 21 heavy (non-hydrogen) atoms. The minimum Gasteiger partial charge on any atom is -0.387 e. The fourth-order valence-corrected chi connectivity index (χ4v) is 3.09. The van der Waals surface area contributed by atoms with Crippen molar-refractivity contribution in [1.29, 1.82) is 0 Å². The molecule has 2 aromatic carbocycles. The zero-order chi connectivity index (χ0) is 14.7. The van der Waals surface area contributed by atoms with Crippen molar-refractivity contribution in [3.8, 4) is 0 Å². The summed E-state index contributed by atoms with van der Waals surface area (Å²) in [5.41, 5.74) is 1.07. The Labute approximate surface area is 127 Å². The Morgan fingerprint density at radius 1 is 1.14 bits per heavy atom. The Morgan fingerprint density at radius 3 is 2.67 bits per heavy atom. The molecule has 0 spiro atoms. The van der Waals surface area contributed by atoms with Crippen molar-refractivity contribution in [3.05, 3.63) is 48.0 Å². The van der Waals surface area contributed by atoms with Crippen molar-refractivity contribution < 1.29 is 5.11 Å².